The highest BCUT2D eigenvalue weighted by Crippen LogP contribution is 2.32. The minimum absolute atomic E-state index is 0.971. The van der Waals surface area contributed by atoms with Crippen LogP contribution in [0.4, 0.5) is 0 Å². The van der Waals surface area contributed by atoms with Gasteiger partial charge in [-0.05, 0) is 0 Å². The number of hydrogen-bond acceptors (Lipinski definition) is 0. The molecular formula is B117. The first-order chi connectivity index (χ1) is 53.3. The summed E-state index contributed by atoms with van der Waals surface area (Å²) in [6.07, 6.45) is -118. The van der Waals surface area contributed by atoms with Crippen LogP contribution in [-0.4, -0.2) is 828 Å². The fraction of sp³-hybridized carbons (Fsp3) is 0. The molecule has 0 nitrogen and oxygen atoms in total. The van der Waals surface area contributed by atoms with Gasteiger partial charge in [0, 0.05) is 828 Å². The van der Waals surface area contributed by atoms with Gasteiger partial charge in [-0.2, -0.15) is 0 Å². The van der Waals surface area contributed by atoms with Crippen LogP contribution >= 0.6 is 0 Å². The molecule has 0 aromatic heterocycles. The van der Waals surface area contributed by atoms with Gasteiger partial charge in [0.15, 0.2) is 0 Å². The summed E-state index contributed by atoms with van der Waals surface area (Å²) in [6.45, 7) is 0. The van der Waals surface area contributed by atoms with Gasteiger partial charge in [0.05, 0.1) is 0 Å². The van der Waals surface area contributed by atoms with Crippen molar-refractivity contribution in [2.24, 2.45) is 0 Å². The van der Waals surface area contributed by atoms with Crippen LogP contribution in [0.3, 0.4) is 0 Å². The van der Waals surface area contributed by atoms with Crippen molar-refractivity contribution in [3.05, 3.63) is 0 Å². The monoisotopic (exact) mass is 1290 g/mol. The van der Waals surface area contributed by atoms with E-state index >= 15 is 0 Å². The van der Waals surface area contributed by atoms with Crippen LogP contribution in [0.1, 0.15) is 0 Å². The third-order valence-electron chi connectivity index (χ3n) is 25.1. The van der Waals surface area contributed by atoms with Crippen molar-refractivity contribution >= 4 is 828 Å². The van der Waals surface area contributed by atoms with E-state index in [1.165, 1.54) is 0 Å². The summed E-state index contributed by atoms with van der Waals surface area (Å²) in [7, 11) is 432. The number of rotatable bonds is 57. The van der Waals surface area contributed by atoms with E-state index in [0.29, 0.717) is 0 Å². The normalized spacial score (nSPS) is 9.85. The van der Waals surface area contributed by atoms with Gasteiger partial charge >= 0.3 is 0 Å². The van der Waals surface area contributed by atoms with Gasteiger partial charge in [-0.25, -0.2) is 0 Å². The van der Waals surface area contributed by atoms with E-state index < -0.39 is 364 Å². The Morgan fingerprint density at radius 1 is 0.0769 bits per heavy atom. The molecule has 0 heterocycles. The summed E-state index contributed by atoms with van der Waals surface area (Å²) in [4.78, 5) is 0. The van der Waals surface area contributed by atoms with E-state index in [1.54, 1.807) is 0 Å². The Balaban J connectivity index is 16.3. The Morgan fingerprint density at radius 3 is 0.197 bits per heavy atom. The van der Waals surface area contributed by atoms with Crippen LogP contribution in [0.5, 0.6) is 0 Å². The molecule has 0 atom stereocenters. The molecule has 0 aliphatic heterocycles. The van der Waals surface area contributed by atoms with Crippen LogP contribution < -0.4 is 0 Å². The molecule has 0 rings (SSSR count). The van der Waals surface area contributed by atoms with Gasteiger partial charge in [0.1, 0.15) is 0 Å². The van der Waals surface area contributed by atoms with Crippen LogP contribution in [0.25, 0.3) is 0 Å². The molecule has 117 heavy (non-hydrogen) atoms. The smallest absolute Gasteiger partial charge is 0 e. The molecule has 0 fully saturated rings. The summed E-state index contributed by atoms with van der Waals surface area (Å²) in [6, 6.07) is 0. The molecule has 0 saturated heterocycles. The zero-order valence-corrected chi connectivity index (χ0v) is 67.5. The lowest BCUT2D eigenvalue weighted by Gasteiger charge is -2.64. The maximum absolute atomic E-state index is 7.51. The molecule has 0 aliphatic carbocycles. The van der Waals surface area contributed by atoms with Gasteiger partial charge in [-0.15, -0.1) is 0 Å². The molecule has 351 valence electrons. The van der Waals surface area contributed by atoms with Crippen molar-refractivity contribution < 1.29 is 0 Å². The second kappa shape index (κ2) is 57.6. The van der Waals surface area contributed by atoms with E-state index in [-0.39, 0.29) is 0 Å². The topological polar surface area (TPSA) is 0 Å². The van der Waals surface area contributed by atoms with Crippen molar-refractivity contribution in [1.29, 1.82) is 0 Å². The highest BCUT2D eigenvalue weighted by molar-refractivity contribution is 8.46. The molecule has 0 spiro atoms. The number of hydrogen-bond donors (Lipinski definition) is 0. The quantitative estimate of drug-likeness (QED) is 0.0533. The third-order valence-corrected chi connectivity index (χ3v) is 25.1. The lowest BCUT2D eigenvalue weighted by atomic mass is 8.17. The highest BCUT2D eigenvalue weighted by Gasteiger charge is 2.70. The molecule has 0 unspecified atom stereocenters. The van der Waals surface area contributed by atoms with E-state index in [1.807, 2.05) is 0 Å². The third kappa shape index (κ3) is 33.5. The maximum Gasteiger partial charge on any atom is 0 e. The average Bonchev–Trinajstić information content (AvgIpc) is 0.701. The predicted molar refractivity (Wildman–Crippen MR) is 673 cm³/mol. The van der Waals surface area contributed by atoms with E-state index in [2.05, 4.69) is 0 Å². The molecule has 117 heteroatoms. The Morgan fingerprint density at radius 2 is 0.137 bits per heavy atom. The molecule has 0 N–H and O–H groups in total. The van der Waals surface area contributed by atoms with Gasteiger partial charge in [-0.1, -0.05) is 0 Å². The summed E-state index contributed by atoms with van der Waals surface area (Å²) in [5.74, 6) is 0. The Labute approximate surface area is 818 Å². The van der Waals surface area contributed by atoms with Crippen molar-refractivity contribution in [1.82, 2.24) is 0 Å². The van der Waals surface area contributed by atoms with Crippen molar-refractivity contribution in [3.63, 3.8) is 0 Å². The lowest BCUT2D eigenvalue weighted by molar-refractivity contribution is 3.11. The van der Waals surface area contributed by atoms with Gasteiger partial charge in [-0.3, -0.25) is 0 Å². The first-order valence-electron chi connectivity index (χ1n) is 38.7. The summed E-state index contributed by atoms with van der Waals surface area (Å²) >= 11 is 0. The minimum atomic E-state index is -2.60. The standard InChI is InChI=1S/B117/c1-60-90(61(2)3)105(91(62(4)5)63(6)7)112(104(88(56)57)89(58)59)116(113(106(92(64(8)9)65(10)11)93(66(12)13)67(14)15)107(94(68(16)17)69(18)19)95(70(20)21)71(22)23)117(114(108(96(72(24)25)73(26)27)97(74(28)29)75(30)31)109(98(76(32)33)77(34)35)99(78(36)37)79(38)39)115(110(100(80(40)41)81(42)43)101(82(44)45)83(46)47)111(102(84(48)49)85(50)51)103(86(52)53)87(54)55. The molecule has 0 aliphatic rings. The Bertz CT molecular complexity index is 2040. The molecule has 0 amide bonds. The summed E-state index contributed by atoms with van der Waals surface area (Å²) < 4.78 is 0. The zero-order chi connectivity index (χ0) is 92.6. The Kier molecular flexibility index (Phi) is 61.3. The molecule has 0 aromatic rings. The Hall–Kier alpha value is 7.60. The van der Waals surface area contributed by atoms with Crippen LogP contribution in [-0.2, 0) is 0 Å². The van der Waals surface area contributed by atoms with E-state index in [9.17, 15) is 0 Å². The lowest BCUT2D eigenvalue weighted by Crippen LogP contribution is -3.02. The fourth-order valence-electron chi connectivity index (χ4n) is 21.3. The first-order valence-corrected chi connectivity index (χ1v) is 38.7. The summed E-state index contributed by atoms with van der Waals surface area (Å²) in [5.41, 5.74) is 0. The molecule has 0 aromatic carbocycles. The van der Waals surface area contributed by atoms with Crippen LogP contribution in [0.15, 0.2) is 0 Å². The summed E-state index contributed by atoms with van der Waals surface area (Å²) in [5, 5.41) is 0. The van der Waals surface area contributed by atoms with E-state index in [4.69, 9.17) is 456 Å². The zero-order valence-electron chi connectivity index (χ0n) is 67.5. The first kappa shape index (κ1) is 125. The second-order valence-electron chi connectivity index (χ2n) is 33.1. The van der Waals surface area contributed by atoms with Gasteiger partial charge in [0.25, 0.3) is 0 Å². The van der Waals surface area contributed by atoms with Crippen LogP contribution in [0.2, 0.25) is 0 Å². The fourth-order valence-corrected chi connectivity index (χ4v) is 21.3. The predicted octanol–water partition coefficient (Wildman–Crippen LogP) is -44.6. The highest BCUT2D eigenvalue weighted by atomic mass is 13.5. The largest absolute Gasteiger partial charge is 0 e. The maximum atomic E-state index is 7.51. The second-order valence-corrected chi connectivity index (χ2v) is 33.1. The minimum Gasteiger partial charge on any atom is 0 e. The van der Waals surface area contributed by atoms with Gasteiger partial charge in [0.2, 0.25) is 0 Å². The van der Waals surface area contributed by atoms with E-state index in [0.717, 1.165) is 7.06 Å². The molecule has 0 saturated carbocycles. The van der Waals surface area contributed by atoms with Crippen molar-refractivity contribution in [3.8, 4) is 0 Å². The van der Waals surface area contributed by atoms with Crippen LogP contribution in [0, 0.1) is 0 Å². The SMILES string of the molecule is [B][B]B(B([B])[B])B(B(B([B])[B])B([B])[B])B(B(B([B])[B])B([B])[B])B(B(B(B(B([B])[B])B([B])[B])B(B([B])[B])B([B])[B])B(B(B([B])[B])B([B])[B])B(B([B])[B])B([B])[B])B(B(B(B(B([B])[B])B([B])[B])B(B([B])[B])B([B])[B])B(B(B([B])[B])B([B])[B])B(B([B])[B])B([B])[B])B(B(B(B([B])[B])B([B])[B])B(B([B])[B])B([B])[B])B(B(B([B])[B])B([B])[B])B(B([B])[B])B([B])[B]. The molecule has 0 bridgehead atoms. The molecular weight excluding hydrogens is 1270 g/mol. The van der Waals surface area contributed by atoms with Crippen molar-refractivity contribution in [2.75, 3.05) is 0 Å². The average molecular weight is 1270 g/mol. The van der Waals surface area contributed by atoms with Crippen molar-refractivity contribution in [2.45, 2.75) is 0 Å². The molecule has 119 radical (unpaired) electrons. The van der Waals surface area contributed by atoms with Gasteiger partial charge < -0.3 is 0 Å².